The summed E-state index contributed by atoms with van der Waals surface area (Å²) >= 11 is 1.76. The molecule has 2 N–H and O–H groups in total. The van der Waals surface area contributed by atoms with Gasteiger partial charge >= 0.3 is 0 Å². The molecule has 5 nitrogen and oxygen atoms in total. The van der Waals surface area contributed by atoms with Crippen LogP contribution in [0.5, 0.6) is 0 Å². The summed E-state index contributed by atoms with van der Waals surface area (Å²) in [4.78, 5) is 7.02. The quantitative estimate of drug-likeness (QED) is 0.383. The largest absolute Gasteiger partial charge is 0.357 e. The monoisotopic (exact) mass is 445 g/mol. The van der Waals surface area contributed by atoms with Crippen LogP contribution in [0.2, 0.25) is 0 Å². The highest BCUT2D eigenvalue weighted by Crippen LogP contribution is 2.17. The lowest BCUT2D eigenvalue weighted by atomic mass is 10.4. The molecule has 0 saturated heterocycles. The lowest BCUT2D eigenvalue weighted by molar-refractivity contribution is 0.600. The van der Waals surface area contributed by atoms with E-state index in [1.54, 1.807) is 11.3 Å². The predicted octanol–water partition coefficient (Wildman–Crippen LogP) is 2.03. The van der Waals surface area contributed by atoms with Crippen LogP contribution in [0, 0.1) is 0 Å². The van der Waals surface area contributed by atoms with Crippen molar-refractivity contribution >= 4 is 51.1 Å². The van der Waals surface area contributed by atoms with Crippen molar-refractivity contribution in [1.29, 1.82) is 0 Å². The van der Waals surface area contributed by atoms with Crippen molar-refractivity contribution in [2.24, 2.45) is 4.99 Å². The molecule has 0 aliphatic heterocycles. The molecule has 0 aromatic carbocycles. The average molecular weight is 445 g/mol. The molecule has 0 bridgehead atoms. The third-order valence-electron chi connectivity index (χ3n) is 2.57. The molecule has 0 unspecified atom stereocenters. The molecule has 0 radical (unpaired) electrons. The lowest BCUT2D eigenvalue weighted by Gasteiger charge is -2.10. The zero-order chi connectivity index (χ0) is 15.0. The van der Waals surface area contributed by atoms with Crippen molar-refractivity contribution in [2.75, 3.05) is 25.1 Å². The maximum atomic E-state index is 11.1. The summed E-state index contributed by atoms with van der Waals surface area (Å²) in [7, 11) is -2.95. The molecule has 0 aliphatic carbocycles. The Hall–Kier alpha value is -0.350. The molecule has 0 spiro atoms. The Balaban J connectivity index is 0.00000400. The number of aryl methyl sites for hydroxylation is 1. The summed E-state index contributed by atoms with van der Waals surface area (Å²) in [6, 6.07) is 4.21. The Morgan fingerprint density at radius 3 is 2.43 bits per heavy atom. The van der Waals surface area contributed by atoms with E-state index in [1.165, 1.54) is 16.0 Å². The van der Waals surface area contributed by atoms with Gasteiger partial charge in [-0.3, -0.25) is 0 Å². The fourth-order valence-corrected chi connectivity index (χ4v) is 2.91. The van der Waals surface area contributed by atoms with Crippen LogP contribution < -0.4 is 10.6 Å². The molecule has 21 heavy (non-hydrogen) atoms. The number of hydrogen-bond acceptors (Lipinski definition) is 4. The summed E-state index contributed by atoms with van der Waals surface area (Å²) < 4.78 is 22.2. The molecule has 0 atom stereocenters. The Morgan fingerprint density at radius 1 is 1.24 bits per heavy atom. The minimum Gasteiger partial charge on any atom is -0.357 e. The molecule has 0 fully saturated rings. The van der Waals surface area contributed by atoms with E-state index >= 15 is 0 Å². The molecule has 8 heteroatoms. The zero-order valence-corrected chi connectivity index (χ0v) is 16.6. The Bertz CT molecular complexity index is 541. The number of guanidine groups is 1. The van der Waals surface area contributed by atoms with E-state index in [0.29, 0.717) is 19.0 Å². The van der Waals surface area contributed by atoms with Crippen LogP contribution in [-0.2, 0) is 22.8 Å². The molecule has 0 amide bonds. The van der Waals surface area contributed by atoms with E-state index in [2.05, 4.69) is 34.7 Å². The van der Waals surface area contributed by atoms with Gasteiger partial charge in [0.1, 0.15) is 9.84 Å². The van der Waals surface area contributed by atoms with Gasteiger partial charge in [0.25, 0.3) is 0 Å². The van der Waals surface area contributed by atoms with Crippen LogP contribution in [0.15, 0.2) is 17.1 Å². The van der Waals surface area contributed by atoms with Gasteiger partial charge in [-0.25, -0.2) is 13.4 Å². The third-order valence-corrected chi connectivity index (χ3v) is 4.73. The lowest BCUT2D eigenvalue weighted by Crippen LogP contribution is -2.39. The minimum absolute atomic E-state index is 0. The van der Waals surface area contributed by atoms with Crippen LogP contribution in [0.1, 0.15) is 23.6 Å². The van der Waals surface area contributed by atoms with Crippen molar-refractivity contribution in [3.63, 3.8) is 0 Å². The topological polar surface area (TPSA) is 70.6 Å². The Labute approximate surface area is 148 Å². The van der Waals surface area contributed by atoms with Crippen molar-refractivity contribution in [3.8, 4) is 0 Å². The molecular formula is C13H24IN3O2S2. The number of thiophene rings is 1. The van der Waals surface area contributed by atoms with Gasteiger partial charge in [-0.15, -0.1) is 35.3 Å². The van der Waals surface area contributed by atoms with Crippen molar-refractivity contribution in [1.82, 2.24) is 10.6 Å². The van der Waals surface area contributed by atoms with Gasteiger partial charge in [-0.1, -0.05) is 6.92 Å². The highest BCUT2D eigenvalue weighted by atomic mass is 127. The van der Waals surface area contributed by atoms with E-state index in [-0.39, 0.29) is 29.7 Å². The Kier molecular flexibility index (Phi) is 10.2. The highest BCUT2D eigenvalue weighted by molar-refractivity contribution is 14.0. The number of rotatable bonds is 7. The SMILES string of the molecule is CCNC(=NCc1ccc(CC)s1)NCCS(C)(=O)=O.I. The van der Waals surface area contributed by atoms with E-state index < -0.39 is 9.84 Å². The fraction of sp³-hybridized carbons (Fsp3) is 0.615. The van der Waals surface area contributed by atoms with Crippen LogP contribution in [0.3, 0.4) is 0 Å². The van der Waals surface area contributed by atoms with Gasteiger partial charge in [0.2, 0.25) is 0 Å². The van der Waals surface area contributed by atoms with Crippen LogP contribution >= 0.6 is 35.3 Å². The number of nitrogens with one attached hydrogen (secondary N) is 2. The molecule has 0 aliphatic rings. The number of hydrogen-bond donors (Lipinski definition) is 2. The second-order valence-electron chi connectivity index (χ2n) is 4.47. The maximum Gasteiger partial charge on any atom is 0.191 e. The maximum absolute atomic E-state index is 11.1. The van der Waals surface area contributed by atoms with E-state index in [4.69, 9.17) is 0 Å². The van der Waals surface area contributed by atoms with Gasteiger partial charge in [-0.2, -0.15) is 0 Å². The number of halogens is 1. The minimum atomic E-state index is -2.95. The molecular weight excluding hydrogens is 421 g/mol. The molecule has 1 aromatic heterocycles. The number of sulfone groups is 1. The normalized spacial score (nSPS) is 11.9. The van der Waals surface area contributed by atoms with E-state index in [1.807, 2.05) is 6.92 Å². The van der Waals surface area contributed by atoms with Crippen LogP contribution in [-0.4, -0.2) is 39.5 Å². The van der Waals surface area contributed by atoms with Gasteiger partial charge in [0, 0.05) is 29.1 Å². The summed E-state index contributed by atoms with van der Waals surface area (Å²) in [5, 5.41) is 6.14. The van der Waals surface area contributed by atoms with Gasteiger partial charge in [0.05, 0.1) is 12.3 Å². The molecule has 122 valence electrons. The summed E-state index contributed by atoms with van der Waals surface area (Å²) in [6.07, 6.45) is 2.28. The van der Waals surface area contributed by atoms with E-state index in [0.717, 1.165) is 13.0 Å². The summed E-state index contributed by atoms with van der Waals surface area (Å²) in [5.41, 5.74) is 0. The molecule has 0 saturated carbocycles. The van der Waals surface area contributed by atoms with Crippen molar-refractivity contribution in [3.05, 3.63) is 21.9 Å². The molecule has 1 rings (SSSR count). The molecule has 1 heterocycles. The average Bonchev–Trinajstić information content (AvgIpc) is 2.82. The third kappa shape index (κ3) is 9.30. The van der Waals surface area contributed by atoms with E-state index in [9.17, 15) is 8.42 Å². The van der Waals surface area contributed by atoms with Gasteiger partial charge in [0.15, 0.2) is 5.96 Å². The first kappa shape index (κ1) is 20.6. The summed E-state index contributed by atoms with van der Waals surface area (Å²) in [5.74, 6) is 0.763. The van der Waals surface area contributed by atoms with Crippen LogP contribution in [0.4, 0.5) is 0 Å². The second-order valence-corrected chi connectivity index (χ2v) is 7.99. The number of nitrogens with zero attached hydrogens (tertiary/aromatic N) is 1. The highest BCUT2D eigenvalue weighted by Gasteiger charge is 2.03. The van der Waals surface area contributed by atoms with Gasteiger partial charge in [-0.05, 0) is 25.5 Å². The Morgan fingerprint density at radius 2 is 1.90 bits per heavy atom. The first-order chi connectivity index (χ1) is 9.44. The predicted molar refractivity (Wildman–Crippen MR) is 102 cm³/mol. The standard InChI is InChI=1S/C13H23N3O2S2.HI/c1-4-11-6-7-12(19-11)10-16-13(14-5-2)15-8-9-20(3,17)18;/h6-7H,4-5,8-10H2,1-3H3,(H2,14,15,16);1H. The van der Waals surface area contributed by atoms with Gasteiger partial charge < -0.3 is 10.6 Å². The molecule has 1 aromatic rings. The first-order valence-corrected chi connectivity index (χ1v) is 9.59. The van der Waals surface area contributed by atoms with Crippen molar-refractivity contribution < 1.29 is 8.42 Å². The summed E-state index contributed by atoms with van der Waals surface area (Å²) in [6.45, 7) is 5.84. The first-order valence-electron chi connectivity index (χ1n) is 6.72. The zero-order valence-electron chi connectivity index (χ0n) is 12.7. The number of aliphatic imine (C=N–C) groups is 1. The van der Waals surface area contributed by atoms with Crippen molar-refractivity contribution in [2.45, 2.75) is 26.8 Å². The smallest absolute Gasteiger partial charge is 0.191 e. The fourth-order valence-electron chi connectivity index (χ4n) is 1.55. The second kappa shape index (κ2) is 10.4. The van der Waals surface area contributed by atoms with Crippen LogP contribution in [0.25, 0.3) is 0 Å².